The SMILES string of the molecule is COC(=O)[C@H](CNC(=O)OC(C)(C)C)NC(=O)c1cnc(NCCCc2cccc(O)c2)nc1C.COC(=O)[C@H](CNC(=O)c1cccs1)NC(=O)c1cnc(NCCCc2cccc(O)c2)nc1C. The van der Waals surface area contributed by atoms with Crippen molar-refractivity contribution in [2.45, 2.75) is 78.0 Å². The van der Waals surface area contributed by atoms with E-state index < -0.39 is 47.5 Å². The van der Waals surface area contributed by atoms with Gasteiger partial charge in [-0.2, -0.15) is 0 Å². The summed E-state index contributed by atoms with van der Waals surface area (Å²) in [5.41, 5.74) is 2.58. The van der Waals surface area contributed by atoms with E-state index in [1.807, 2.05) is 12.1 Å². The predicted molar refractivity (Wildman–Crippen MR) is 261 cm³/mol. The van der Waals surface area contributed by atoms with Gasteiger partial charge in [-0.3, -0.25) is 14.4 Å². The van der Waals surface area contributed by atoms with E-state index >= 15 is 0 Å². The number of methoxy groups -OCH3 is 2. The number of esters is 2. The molecule has 21 nitrogen and oxygen atoms in total. The number of phenols is 2. The first-order chi connectivity index (χ1) is 33.3. The van der Waals surface area contributed by atoms with Crippen LogP contribution in [0, 0.1) is 13.8 Å². The van der Waals surface area contributed by atoms with Gasteiger partial charge in [0.15, 0.2) is 0 Å². The van der Waals surface area contributed by atoms with Crippen LogP contribution in [-0.4, -0.2) is 124 Å². The molecule has 8 N–H and O–H groups in total. The standard InChI is InChI=1S/C24H33N5O6.C24H27N5O5S/c1-15-18(13-26-22(28-15)25-11-7-9-16-8-6-10-17(30)12-16)20(31)29-19(21(32)34-5)14-27-23(33)35-24(2,3)4;1-15-18(13-27-24(28-15)25-10-4-7-16-6-3-8-17(30)12-16)21(31)29-19(23(33)34-2)14-26-22(32)20-9-5-11-35-20/h6,8,10,12-13,19,30H,7,9,11,14H2,1-5H3,(H,27,33)(H,29,31)(H,25,26,28);3,5-6,8-9,11-13,19,30H,4,7,10,14H2,1-2H3,(H,26,32)(H,29,31)(H,25,27,28)/t2*19-/m00/s1. The second-order valence-corrected chi connectivity index (χ2v) is 17.4. The van der Waals surface area contributed by atoms with E-state index in [1.165, 1.54) is 38.0 Å². The fraction of sp³-hybridized carbons (Fsp3) is 0.375. The molecule has 2 aromatic carbocycles. The summed E-state index contributed by atoms with van der Waals surface area (Å²) in [5.74, 6) is -1.68. The molecule has 2 atom stereocenters. The number of nitrogens with one attached hydrogen (secondary N) is 6. The molecule has 5 rings (SSSR count). The lowest BCUT2D eigenvalue weighted by Gasteiger charge is -2.21. The summed E-state index contributed by atoms with van der Waals surface area (Å²) >= 11 is 1.27. The Morgan fingerprint density at radius 1 is 0.657 bits per heavy atom. The fourth-order valence-electron chi connectivity index (χ4n) is 6.29. The summed E-state index contributed by atoms with van der Waals surface area (Å²) in [4.78, 5) is 91.3. The minimum absolute atomic E-state index is 0.131. The van der Waals surface area contributed by atoms with Gasteiger partial charge in [-0.05, 0) is 107 Å². The molecule has 0 fully saturated rings. The maximum atomic E-state index is 12.8. The zero-order chi connectivity index (χ0) is 51.2. The molecule has 4 amide bonds. The maximum absolute atomic E-state index is 12.8. The Hall–Kier alpha value is -7.88. The van der Waals surface area contributed by atoms with Crippen LogP contribution in [0.2, 0.25) is 0 Å². The van der Waals surface area contributed by atoms with E-state index in [9.17, 15) is 39.0 Å². The Balaban J connectivity index is 0.000000305. The molecule has 70 heavy (non-hydrogen) atoms. The van der Waals surface area contributed by atoms with E-state index in [2.05, 4.69) is 51.8 Å². The number of aryl methyl sites for hydroxylation is 4. The Bertz CT molecular complexity index is 2550. The highest BCUT2D eigenvalue weighted by Gasteiger charge is 2.27. The minimum atomic E-state index is -1.13. The zero-order valence-corrected chi connectivity index (χ0v) is 40.9. The number of aromatic nitrogens is 4. The highest BCUT2D eigenvalue weighted by molar-refractivity contribution is 7.12. The van der Waals surface area contributed by atoms with Gasteiger partial charge in [-0.15, -0.1) is 11.3 Å². The minimum Gasteiger partial charge on any atom is -0.508 e. The van der Waals surface area contributed by atoms with Gasteiger partial charge in [0.25, 0.3) is 17.7 Å². The molecule has 22 heteroatoms. The van der Waals surface area contributed by atoms with Crippen LogP contribution in [0.5, 0.6) is 11.5 Å². The van der Waals surface area contributed by atoms with Crippen molar-refractivity contribution in [1.82, 2.24) is 41.2 Å². The number of carbonyl (C=O) groups excluding carboxylic acids is 6. The first-order valence-electron chi connectivity index (χ1n) is 22.1. The van der Waals surface area contributed by atoms with E-state index in [1.54, 1.807) is 88.5 Å². The van der Waals surface area contributed by atoms with E-state index in [-0.39, 0.29) is 41.6 Å². The molecule has 0 unspecified atom stereocenters. The van der Waals surface area contributed by atoms with Crippen molar-refractivity contribution in [3.05, 3.63) is 117 Å². The molecule has 0 bridgehead atoms. The van der Waals surface area contributed by atoms with Gasteiger partial charge in [0.05, 0.1) is 48.2 Å². The zero-order valence-electron chi connectivity index (χ0n) is 40.1. The third-order valence-electron chi connectivity index (χ3n) is 9.76. The van der Waals surface area contributed by atoms with Crippen LogP contribution in [-0.2, 0) is 36.6 Å². The lowest BCUT2D eigenvalue weighted by atomic mass is 10.1. The molecule has 0 saturated heterocycles. The van der Waals surface area contributed by atoms with Crippen LogP contribution in [0.15, 0.2) is 78.4 Å². The van der Waals surface area contributed by atoms with Crippen molar-refractivity contribution in [1.29, 1.82) is 0 Å². The predicted octanol–water partition coefficient (Wildman–Crippen LogP) is 4.63. The van der Waals surface area contributed by atoms with Crippen LogP contribution in [0.1, 0.15) is 86.5 Å². The maximum Gasteiger partial charge on any atom is 0.407 e. The molecular formula is C48H60N10O11S. The number of nitrogens with zero attached hydrogens (tertiary/aromatic N) is 4. The molecule has 0 radical (unpaired) electrons. The first-order valence-corrected chi connectivity index (χ1v) is 23.0. The van der Waals surface area contributed by atoms with Gasteiger partial charge in [-0.1, -0.05) is 30.3 Å². The average Bonchev–Trinajstić information content (AvgIpc) is 3.87. The van der Waals surface area contributed by atoms with Crippen LogP contribution in [0.25, 0.3) is 0 Å². The number of rotatable bonds is 21. The molecule has 0 aliphatic rings. The van der Waals surface area contributed by atoms with Crippen molar-refractivity contribution in [3.8, 4) is 11.5 Å². The largest absolute Gasteiger partial charge is 0.508 e. The van der Waals surface area contributed by atoms with Crippen molar-refractivity contribution < 1.29 is 53.2 Å². The Morgan fingerprint density at radius 2 is 1.13 bits per heavy atom. The lowest BCUT2D eigenvalue weighted by molar-refractivity contribution is -0.143. The third kappa shape index (κ3) is 18.7. The highest BCUT2D eigenvalue weighted by Crippen LogP contribution is 2.15. The quantitative estimate of drug-likeness (QED) is 0.0282. The molecule has 5 aromatic rings. The summed E-state index contributed by atoms with van der Waals surface area (Å²) in [6, 6.07) is 15.4. The molecule has 3 heterocycles. The number of hydrogen-bond donors (Lipinski definition) is 8. The van der Waals surface area contributed by atoms with Gasteiger partial charge in [0, 0.05) is 32.0 Å². The number of ether oxygens (including phenoxy) is 3. The second-order valence-electron chi connectivity index (χ2n) is 16.5. The molecule has 0 spiro atoms. The van der Waals surface area contributed by atoms with Crippen LogP contribution < -0.4 is 31.9 Å². The number of hydrogen-bond acceptors (Lipinski definition) is 18. The second kappa shape index (κ2) is 27.2. The number of benzene rings is 2. The summed E-state index contributed by atoms with van der Waals surface area (Å²) in [5, 5.41) is 37.2. The number of aromatic hydroxyl groups is 2. The number of phenolic OH excluding ortho intramolecular Hbond substituents is 2. The van der Waals surface area contributed by atoms with Gasteiger partial charge < -0.3 is 56.3 Å². The monoisotopic (exact) mass is 984 g/mol. The topological polar surface area (TPSA) is 294 Å². The summed E-state index contributed by atoms with van der Waals surface area (Å²) in [7, 11) is 2.39. The Kier molecular flexibility index (Phi) is 21.3. The Labute approximate surface area is 409 Å². The van der Waals surface area contributed by atoms with Crippen molar-refractivity contribution in [2.75, 3.05) is 51.0 Å². The summed E-state index contributed by atoms with van der Waals surface area (Å²) < 4.78 is 14.6. The normalized spacial score (nSPS) is 11.6. The van der Waals surface area contributed by atoms with Crippen LogP contribution in [0.4, 0.5) is 16.7 Å². The first kappa shape index (κ1) is 54.7. The molecule has 0 aliphatic carbocycles. The summed E-state index contributed by atoms with van der Waals surface area (Å²) in [6.45, 7) is 9.31. The van der Waals surface area contributed by atoms with Gasteiger partial charge >= 0.3 is 18.0 Å². The highest BCUT2D eigenvalue weighted by atomic mass is 32.1. The number of anilines is 2. The number of amides is 4. The van der Waals surface area contributed by atoms with Gasteiger partial charge in [0.2, 0.25) is 11.9 Å². The van der Waals surface area contributed by atoms with Gasteiger partial charge in [-0.25, -0.2) is 34.3 Å². The van der Waals surface area contributed by atoms with Crippen LogP contribution in [0.3, 0.4) is 0 Å². The van der Waals surface area contributed by atoms with E-state index in [4.69, 9.17) is 14.2 Å². The van der Waals surface area contributed by atoms with Crippen molar-refractivity contribution in [2.24, 2.45) is 0 Å². The van der Waals surface area contributed by atoms with E-state index in [0.717, 1.165) is 36.8 Å². The fourth-order valence-corrected chi connectivity index (χ4v) is 6.93. The molecule has 3 aromatic heterocycles. The number of carbonyl (C=O) groups is 6. The average molecular weight is 985 g/mol. The molecular weight excluding hydrogens is 925 g/mol. The van der Waals surface area contributed by atoms with Crippen LogP contribution >= 0.6 is 11.3 Å². The molecule has 0 saturated carbocycles. The Morgan fingerprint density at radius 3 is 1.53 bits per heavy atom. The lowest BCUT2D eigenvalue weighted by Crippen LogP contribution is -2.49. The van der Waals surface area contributed by atoms with Gasteiger partial charge in [0.1, 0.15) is 29.2 Å². The number of thiophene rings is 1. The number of alkyl carbamates (subject to hydrolysis) is 1. The van der Waals surface area contributed by atoms with Crippen molar-refractivity contribution >= 4 is 59.0 Å². The van der Waals surface area contributed by atoms with Crippen molar-refractivity contribution in [3.63, 3.8) is 0 Å². The molecule has 0 aliphatic heterocycles. The molecule has 374 valence electrons. The summed E-state index contributed by atoms with van der Waals surface area (Å²) in [6.07, 6.45) is 5.16. The smallest absolute Gasteiger partial charge is 0.407 e. The van der Waals surface area contributed by atoms with E-state index in [0.29, 0.717) is 41.3 Å². The third-order valence-corrected chi connectivity index (χ3v) is 10.6.